The van der Waals surface area contributed by atoms with Crippen LogP contribution in [0.1, 0.15) is 37.7 Å². The first-order valence-electron chi connectivity index (χ1n) is 11.2. The first-order valence-corrected chi connectivity index (χ1v) is 11.6. The summed E-state index contributed by atoms with van der Waals surface area (Å²) in [5.41, 5.74) is 2.07. The summed E-state index contributed by atoms with van der Waals surface area (Å²) in [6, 6.07) is 16.3. The minimum atomic E-state index is 0.116. The van der Waals surface area contributed by atoms with Crippen molar-refractivity contribution >= 4 is 40.2 Å². The van der Waals surface area contributed by atoms with Crippen molar-refractivity contribution in [3.8, 4) is 0 Å². The van der Waals surface area contributed by atoms with Crippen LogP contribution in [0.25, 0.3) is 10.9 Å². The molecule has 4 rings (SSSR count). The van der Waals surface area contributed by atoms with Crippen LogP contribution in [0.5, 0.6) is 0 Å². The molecule has 0 aliphatic heterocycles. The number of halogens is 1. The molecule has 6 nitrogen and oxygen atoms in total. The fraction of sp³-hybridized carbons (Fsp3) is 0.400. The Labute approximate surface area is 194 Å². The summed E-state index contributed by atoms with van der Waals surface area (Å²) in [4.78, 5) is 23.8. The lowest BCUT2D eigenvalue weighted by atomic mass is 9.91. The predicted molar refractivity (Wildman–Crippen MR) is 131 cm³/mol. The van der Waals surface area contributed by atoms with Crippen molar-refractivity contribution < 1.29 is 4.79 Å². The van der Waals surface area contributed by atoms with Crippen molar-refractivity contribution in [2.24, 2.45) is 0 Å². The Morgan fingerprint density at radius 1 is 1.00 bits per heavy atom. The van der Waals surface area contributed by atoms with Gasteiger partial charge in [0.05, 0.1) is 5.52 Å². The van der Waals surface area contributed by atoms with Gasteiger partial charge in [-0.1, -0.05) is 35.9 Å². The van der Waals surface area contributed by atoms with Crippen LogP contribution in [0.15, 0.2) is 48.5 Å². The van der Waals surface area contributed by atoms with Gasteiger partial charge >= 0.3 is 0 Å². The molecule has 1 aliphatic carbocycles. The maximum absolute atomic E-state index is 12.4. The van der Waals surface area contributed by atoms with Crippen molar-refractivity contribution in [3.05, 3.63) is 59.1 Å². The van der Waals surface area contributed by atoms with E-state index in [0.717, 1.165) is 59.4 Å². The van der Waals surface area contributed by atoms with Crippen LogP contribution in [0.4, 0.5) is 11.8 Å². The van der Waals surface area contributed by atoms with Crippen LogP contribution < -0.4 is 15.5 Å². The zero-order valence-electron chi connectivity index (χ0n) is 18.6. The molecule has 168 valence electrons. The standard InChI is InChI=1S/C25H30ClN5O/c1-31(2)24-21-5-3-4-6-22(21)29-25(30-24)28-20-14-12-19(13-15-20)27-23(32)16-9-17-7-10-18(26)11-8-17/h3-8,10-11,19-20H,9,12-16H2,1-2H3,(H,27,32)(H,28,29,30)/t19-,20+. The Morgan fingerprint density at radius 2 is 1.69 bits per heavy atom. The minimum absolute atomic E-state index is 0.116. The van der Waals surface area contributed by atoms with E-state index in [2.05, 4.69) is 16.7 Å². The number of carbonyl (C=O) groups is 1. The molecule has 0 atom stereocenters. The summed E-state index contributed by atoms with van der Waals surface area (Å²) in [6.45, 7) is 0. The van der Waals surface area contributed by atoms with Crippen LogP contribution in [0.2, 0.25) is 5.02 Å². The number of amides is 1. The molecule has 0 saturated heterocycles. The molecule has 1 aromatic heterocycles. The predicted octanol–water partition coefficient (Wildman–Crippen LogP) is 4.82. The molecule has 3 aromatic rings. The number of benzene rings is 2. The van der Waals surface area contributed by atoms with E-state index in [1.54, 1.807) is 0 Å². The smallest absolute Gasteiger partial charge is 0.225 e. The summed E-state index contributed by atoms with van der Waals surface area (Å²) < 4.78 is 0. The normalized spacial score (nSPS) is 18.3. The molecule has 7 heteroatoms. The Balaban J connectivity index is 1.27. The Morgan fingerprint density at radius 3 is 2.41 bits per heavy atom. The molecule has 0 spiro atoms. The first-order chi connectivity index (χ1) is 15.5. The van der Waals surface area contributed by atoms with Crippen molar-refractivity contribution in [3.63, 3.8) is 0 Å². The minimum Gasteiger partial charge on any atom is -0.362 e. The molecule has 2 aromatic carbocycles. The lowest BCUT2D eigenvalue weighted by Crippen LogP contribution is -2.40. The highest BCUT2D eigenvalue weighted by Crippen LogP contribution is 2.26. The quantitative estimate of drug-likeness (QED) is 0.538. The molecular weight excluding hydrogens is 422 g/mol. The van der Waals surface area contributed by atoms with Gasteiger partial charge in [-0.15, -0.1) is 0 Å². The summed E-state index contributed by atoms with van der Waals surface area (Å²) >= 11 is 5.92. The highest BCUT2D eigenvalue weighted by Gasteiger charge is 2.23. The highest BCUT2D eigenvalue weighted by molar-refractivity contribution is 6.30. The molecule has 2 N–H and O–H groups in total. The number of anilines is 2. The largest absolute Gasteiger partial charge is 0.362 e. The van der Waals surface area contributed by atoms with Gasteiger partial charge in [-0.25, -0.2) is 4.98 Å². The fourth-order valence-electron chi connectivity index (χ4n) is 4.24. The van der Waals surface area contributed by atoms with Crippen LogP contribution in [0.3, 0.4) is 0 Å². The van der Waals surface area contributed by atoms with Crippen LogP contribution in [-0.2, 0) is 11.2 Å². The lowest BCUT2D eigenvalue weighted by Gasteiger charge is -2.30. The average Bonchev–Trinajstić information content (AvgIpc) is 2.79. The number of fused-ring (bicyclic) bond motifs is 1. The van der Waals surface area contributed by atoms with Crippen LogP contribution >= 0.6 is 11.6 Å². The van der Waals surface area contributed by atoms with E-state index >= 15 is 0 Å². The van der Waals surface area contributed by atoms with E-state index in [0.29, 0.717) is 18.4 Å². The van der Waals surface area contributed by atoms with E-state index in [1.165, 1.54) is 0 Å². The highest BCUT2D eigenvalue weighted by atomic mass is 35.5. The van der Waals surface area contributed by atoms with Gasteiger partial charge in [0.15, 0.2) is 0 Å². The van der Waals surface area contributed by atoms with E-state index in [9.17, 15) is 4.79 Å². The zero-order chi connectivity index (χ0) is 22.5. The van der Waals surface area contributed by atoms with E-state index in [4.69, 9.17) is 21.6 Å². The van der Waals surface area contributed by atoms with Crippen molar-refractivity contribution in [1.82, 2.24) is 15.3 Å². The van der Waals surface area contributed by atoms with E-state index in [-0.39, 0.29) is 11.9 Å². The van der Waals surface area contributed by atoms with Crippen molar-refractivity contribution in [2.75, 3.05) is 24.3 Å². The third kappa shape index (κ3) is 5.68. The maximum atomic E-state index is 12.4. The van der Waals surface area contributed by atoms with Gasteiger partial charge < -0.3 is 15.5 Å². The van der Waals surface area contributed by atoms with Gasteiger partial charge in [-0.05, 0) is 61.9 Å². The van der Waals surface area contributed by atoms with Gasteiger partial charge in [0.2, 0.25) is 11.9 Å². The summed E-state index contributed by atoms with van der Waals surface area (Å²) in [5, 5.41) is 8.49. The molecule has 1 amide bonds. The first kappa shape index (κ1) is 22.3. The Hall–Kier alpha value is -2.86. The molecule has 1 fully saturated rings. The average molecular weight is 452 g/mol. The number of aromatic nitrogens is 2. The number of aryl methyl sites for hydroxylation is 1. The number of hydrogen-bond acceptors (Lipinski definition) is 5. The number of hydrogen-bond donors (Lipinski definition) is 2. The summed E-state index contributed by atoms with van der Waals surface area (Å²) in [7, 11) is 4.00. The van der Waals surface area contributed by atoms with Crippen molar-refractivity contribution in [1.29, 1.82) is 0 Å². The Bertz CT molecular complexity index is 1060. The molecule has 0 bridgehead atoms. The van der Waals surface area contributed by atoms with Gasteiger partial charge in [-0.2, -0.15) is 4.98 Å². The molecule has 0 radical (unpaired) electrons. The second-order valence-electron chi connectivity index (χ2n) is 8.67. The van der Waals surface area contributed by atoms with E-state index < -0.39 is 0 Å². The summed E-state index contributed by atoms with van der Waals surface area (Å²) in [6.07, 6.45) is 5.10. The molecular formula is C25H30ClN5O. The Kier molecular flexibility index (Phi) is 7.10. The van der Waals surface area contributed by atoms with Crippen LogP contribution in [-0.4, -0.2) is 42.1 Å². The molecule has 1 aliphatic rings. The molecule has 32 heavy (non-hydrogen) atoms. The molecule has 1 heterocycles. The van der Waals surface area contributed by atoms with E-state index in [1.807, 2.05) is 61.5 Å². The topological polar surface area (TPSA) is 70.2 Å². The van der Waals surface area contributed by atoms with Crippen molar-refractivity contribution in [2.45, 2.75) is 50.6 Å². The lowest BCUT2D eigenvalue weighted by molar-refractivity contribution is -0.122. The van der Waals surface area contributed by atoms with Gasteiger partial charge in [-0.3, -0.25) is 4.79 Å². The molecule has 0 unspecified atom stereocenters. The molecule has 1 saturated carbocycles. The number of carbonyl (C=O) groups excluding carboxylic acids is 1. The van der Waals surface area contributed by atoms with Gasteiger partial charge in [0.25, 0.3) is 0 Å². The fourth-order valence-corrected chi connectivity index (χ4v) is 4.36. The number of nitrogens with one attached hydrogen (secondary N) is 2. The SMILES string of the molecule is CN(C)c1nc(N[C@H]2CC[C@@H](NC(=O)CCc3ccc(Cl)cc3)CC2)nc2ccccc12. The summed E-state index contributed by atoms with van der Waals surface area (Å²) in [5.74, 6) is 1.70. The third-order valence-corrected chi connectivity index (χ3v) is 6.24. The second-order valence-corrected chi connectivity index (χ2v) is 9.11. The third-order valence-electron chi connectivity index (χ3n) is 5.99. The van der Waals surface area contributed by atoms with Gasteiger partial charge in [0.1, 0.15) is 5.82 Å². The monoisotopic (exact) mass is 451 g/mol. The van der Waals surface area contributed by atoms with Crippen LogP contribution in [0, 0.1) is 0 Å². The van der Waals surface area contributed by atoms with Gasteiger partial charge in [0, 0.05) is 43.0 Å². The zero-order valence-corrected chi connectivity index (χ0v) is 19.4. The number of nitrogens with zero attached hydrogens (tertiary/aromatic N) is 3. The number of rotatable bonds is 7. The maximum Gasteiger partial charge on any atom is 0.225 e. The number of para-hydroxylation sites is 1. The second kappa shape index (κ2) is 10.2.